The number of anilines is 1. The Balaban J connectivity index is 1.09. The smallest absolute Gasteiger partial charge is 0.229 e. The Morgan fingerprint density at radius 3 is 2.16 bits per heavy atom. The van der Waals surface area contributed by atoms with Crippen LogP contribution in [0.1, 0.15) is 108 Å². The van der Waals surface area contributed by atoms with E-state index in [0.29, 0.717) is 25.4 Å². The zero-order valence-electron chi connectivity index (χ0n) is 31.0. The third kappa shape index (κ3) is 12.0. The first-order valence-electron chi connectivity index (χ1n) is 19.1. The molecule has 2 saturated heterocycles. The van der Waals surface area contributed by atoms with Gasteiger partial charge in [0.2, 0.25) is 11.8 Å². The summed E-state index contributed by atoms with van der Waals surface area (Å²) in [5, 5.41) is 5.07. The normalized spacial score (nSPS) is 21.3. The summed E-state index contributed by atoms with van der Waals surface area (Å²) in [6.07, 6.45) is 11.0. The number of amides is 2. The second-order valence-electron chi connectivity index (χ2n) is 14.6. The molecular formula is C42H58N2O6S. The lowest BCUT2D eigenvalue weighted by atomic mass is 9.97. The number of thiophene rings is 1. The number of ether oxygens (including phenoxy) is 4. The molecule has 278 valence electrons. The molecule has 5 rings (SSSR count). The molecule has 3 aromatic rings. The van der Waals surface area contributed by atoms with E-state index in [9.17, 15) is 9.59 Å². The van der Waals surface area contributed by atoms with Gasteiger partial charge < -0.3 is 29.2 Å². The molecule has 9 heteroatoms. The molecule has 0 aliphatic carbocycles. The largest absolute Gasteiger partial charge is 0.350 e. The van der Waals surface area contributed by atoms with Crippen LogP contribution >= 0.6 is 11.3 Å². The van der Waals surface area contributed by atoms with Gasteiger partial charge in [-0.15, -0.1) is 11.3 Å². The molecule has 0 saturated carbocycles. The van der Waals surface area contributed by atoms with Crippen LogP contribution in [-0.2, 0) is 48.0 Å². The number of hydrogen-bond donors (Lipinski definition) is 1. The van der Waals surface area contributed by atoms with Gasteiger partial charge in [-0.1, -0.05) is 120 Å². The Bertz CT molecular complexity index is 1460. The number of carbonyl (C=O) groups is 2. The van der Waals surface area contributed by atoms with E-state index in [0.717, 1.165) is 28.8 Å². The van der Waals surface area contributed by atoms with Crippen molar-refractivity contribution in [3.8, 4) is 0 Å². The minimum atomic E-state index is -0.778. The van der Waals surface area contributed by atoms with E-state index >= 15 is 0 Å². The summed E-state index contributed by atoms with van der Waals surface area (Å²) < 4.78 is 25.0. The summed E-state index contributed by atoms with van der Waals surface area (Å²) in [6.45, 7) is 9.61. The molecule has 0 bridgehead atoms. The van der Waals surface area contributed by atoms with Crippen LogP contribution in [0.25, 0.3) is 0 Å². The summed E-state index contributed by atoms with van der Waals surface area (Å²) in [7, 11) is 0. The van der Waals surface area contributed by atoms with Crippen LogP contribution in [0.2, 0.25) is 0 Å². The van der Waals surface area contributed by atoms with Gasteiger partial charge in [-0.2, -0.15) is 0 Å². The molecule has 3 heterocycles. The number of nitrogens with zero attached hydrogens (tertiary/aromatic N) is 1. The van der Waals surface area contributed by atoms with Crippen LogP contribution < -0.4 is 5.32 Å². The SMILES string of the molecule is CCCCCCCCCCCCO[C@H]1O[C@H]([C@H](C)C(=O)Nc2ccc(CC(=O)N(Cc3ccccc3)Cc3cccs3)cc2)[C@@H]2OC(C)(C)O[C@H]12. The first-order chi connectivity index (χ1) is 24.7. The van der Waals surface area contributed by atoms with E-state index < -0.39 is 30.2 Å². The fourth-order valence-corrected chi connectivity index (χ4v) is 7.66. The average Bonchev–Trinajstić information content (AvgIpc) is 3.83. The van der Waals surface area contributed by atoms with Crippen molar-refractivity contribution < 1.29 is 28.5 Å². The molecule has 1 N–H and O–H groups in total. The highest BCUT2D eigenvalue weighted by atomic mass is 32.1. The molecular weight excluding hydrogens is 661 g/mol. The molecule has 2 fully saturated rings. The zero-order valence-corrected chi connectivity index (χ0v) is 31.8. The first kappa shape index (κ1) is 39.1. The second-order valence-corrected chi connectivity index (χ2v) is 15.6. The predicted octanol–water partition coefficient (Wildman–Crippen LogP) is 9.28. The number of fused-ring (bicyclic) bond motifs is 1. The Labute approximate surface area is 309 Å². The van der Waals surface area contributed by atoms with E-state index in [2.05, 4.69) is 18.3 Å². The molecule has 0 unspecified atom stereocenters. The Kier molecular flexibility index (Phi) is 15.1. The van der Waals surface area contributed by atoms with Crippen LogP contribution in [0.5, 0.6) is 0 Å². The van der Waals surface area contributed by atoms with Crippen molar-refractivity contribution in [3.63, 3.8) is 0 Å². The zero-order chi connectivity index (χ0) is 36.1. The lowest BCUT2D eigenvalue weighted by molar-refractivity contribution is -0.237. The predicted molar refractivity (Wildman–Crippen MR) is 203 cm³/mol. The summed E-state index contributed by atoms with van der Waals surface area (Å²) in [5.41, 5.74) is 2.64. The highest BCUT2D eigenvalue weighted by Gasteiger charge is 2.57. The van der Waals surface area contributed by atoms with E-state index in [-0.39, 0.29) is 24.3 Å². The highest BCUT2D eigenvalue weighted by Crippen LogP contribution is 2.41. The lowest BCUT2D eigenvalue weighted by Gasteiger charge is -2.26. The molecule has 2 aromatic carbocycles. The third-order valence-electron chi connectivity index (χ3n) is 9.81. The monoisotopic (exact) mass is 718 g/mol. The number of nitrogens with one attached hydrogen (secondary N) is 1. The van der Waals surface area contributed by atoms with Gasteiger partial charge in [-0.3, -0.25) is 9.59 Å². The highest BCUT2D eigenvalue weighted by molar-refractivity contribution is 7.09. The van der Waals surface area contributed by atoms with Crippen molar-refractivity contribution in [1.82, 2.24) is 4.90 Å². The van der Waals surface area contributed by atoms with Crippen molar-refractivity contribution in [2.75, 3.05) is 11.9 Å². The number of carbonyl (C=O) groups excluding carboxylic acids is 2. The minimum absolute atomic E-state index is 0.0530. The van der Waals surface area contributed by atoms with Gasteiger partial charge in [-0.05, 0) is 55.0 Å². The number of unbranched alkanes of at least 4 members (excludes halogenated alkanes) is 9. The summed E-state index contributed by atoms with van der Waals surface area (Å²) in [5.74, 6) is -1.40. The van der Waals surface area contributed by atoms with Gasteiger partial charge in [0.05, 0.1) is 18.9 Å². The van der Waals surface area contributed by atoms with Crippen LogP contribution in [0.15, 0.2) is 72.1 Å². The van der Waals surface area contributed by atoms with Crippen molar-refractivity contribution >= 4 is 28.8 Å². The molecule has 51 heavy (non-hydrogen) atoms. The Morgan fingerprint density at radius 2 is 1.49 bits per heavy atom. The quantitative estimate of drug-likeness (QED) is 0.111. The molecule has 0 radical (unpaired) electrons. The summed E-state index contributed by atoms with van der Waals surface area (Å²) in [6, 6.07) is 21.6. The topological polar surface area (TPSA) is 86.3 Å². The van der Waals surface area contributed by atoms with Crippen molar-refractivity contribution in [2.24, 2.45) is 5.92 Å². The number of hydrogen-bond acceptors (Lipinski definition) is 7. The van der Waals surface area contributed by atoms with Gasteiger partial charge in [0.1, 0.15) is 18.3 Å². The summed E-state index contributed by atoms with van der Waals surface area (Å²) in [4.78, 5) is 30.0. The summed E-state index contributed by atoms with van der Waals surface area (Å²) >= 11 is 1.65. The Morgan fingerprint density at radius 1 is 0.824 bits per heavy atom. The van der Waals surface area contributed by atoms with Crippen molar-refractivity contribution in [2.45, 2.75) is 142 Å². The second kappa shape index (κ2) is 19.7. The van der Waals surface area contributed by atoms with E-state index in [1.165, 1.54) is 51.4 Å². The van der Waals surface area contributed by atoms with Crippen LogP contribution in [0, 0.1) is 5.92 Å². The standard InChI is InChI=1S/C42H58N2O6S/c1-5-6-7-8-9-10-11-12-13-17-26-47-41-39-38(49-42(3,4)50-39)37(48-41)31(2)40(46)43-34-24-22-32(23-25-34)28-36(45)44(30-35-21-18-27-51-35)29-33-19-15-14-16-20-33/h14-16,18-25,27,31,37-39,41H,5-13,17,26,28-30H2,1-4H3,(H,43,46)/t31-,37+,38-,39-,41-/m0/s1. The average molecular weight is 719 g/mol. The van der Waals surface area contributed by atoms with Crippen LogP contribution in [0.4, 0.5) is 5.69 Å². The lowest BCUT2D eigenvalue weighted by Crippen LogP contribution is -2.39. The molecule has 5 atom stereocenters. The maximum atomic E-state index is 13.5. The van der Waals surface area contributed by atoms with Crippen LogP contribution in [-0.4, -0.2) is 53.7 Å². The minimum Gasteiger partial charge on any atom is -0.350 e. The van der Waals surface area contributed by atoms with E-state index in [1.54, 1.807) is 11.3 Å². The molecule has 8 nitrogen and oxygen atoms in total. The molecule has 2 amide bonds. The van der Waals surface area contributed by atoms with Gasteiger partial charge in [0.15, 0.2) is 12.1 Å². The fraction of sp³-hybridized carbons (Fsp3) is 0.571. The molecule has 2 aliphatic rings. The van der Waals surface area contributed by atoms with Gasteiger partial charge in [0.25, 0.3) is 0 Å². The Hall–Kier alpha value is -3.08. The van der Waals surface area contributed by atoms with Crippen molar-refractivity contribution in [3.05, 3.63) is 88.1 Å². The van der Waals surface area contributed by atoms with Gasteiger partial charge in [-0.25, -0.2) is 0 Å². The number of benzene rings is 2. The first-order valence-corrected chi connectivity index (χ1v) is 20.0. The van der Waals surface area contributed by atoms with Gasteiger partial charge in [0, 0.05) is 23.7 Å². The van der Waals surface area contributed by atoms with Crippen molar-refractivity contribution in [1.29, 1.82) is 0 Å². The van der Waals surface area contributed by atoms with E-state index in [1.807, 2.05) is 91.7 Å². The molecule has 0 spiro atoms. The van der Waals surface area contributed by atoms with Gasteiger partial charge >= 0.3 is 0 Å². The number of rotatable bonds is 21. The maximum absolute atomic E-state index is 13.5. The maximum Gasteiger partial charge on any atom is 0.229 e. The van der Waals surface area contributed by atoms with E-state index in [4.69, 9.17) is 18.9 Å². The fourth-order valence-electron chi connectivity index (χ4n) is 6.94. The third-order valence-corrected chi connectivity index (χ3v) is 10.7. The molecule has 2 aliphatic heterocycles. The van der Waals surface area contributed by atoms with Crippen LogP contribution in [0.3, 0.4) is 0 Å². The molecule has 1 aromatic heterocycles.